The van der Waals surface area contributed by atoms with Crippen molar-refractivity contribution < 1.29 is 24.4 Å². The summed E-state index contributed by atoms with van der Waals surface area (Å²) in [6.07, 6.45) is 1.08. The van der Waals surface area contributed by atoms with Crippen LogP contribution in [0.25, 0.3) is 0 Å². The van der Waals surface area contributed by atoms with E-state index in [2.05, 4.69) is 30.6 Å². The minimum Gasteiger partial charge on any atom is -0.481 e. The first-order chi connectivity index (χ1) is 15.7. The number of aliphatic hydroxyl groups excluding tert-OH is 1. The number of benzene rings is 2. The summed E-state index contributed by atoms with van der Waals surface area (Å²) in [7, 11) is 2.00. The van der Waals surface area contributed by atoms with E-state index in [0.29, 0.717) is 18.7 Å². The van der Waals surface area contributed by atoms with Gasteiger partial charge < -0.3 is 15.1 Å². The third-order valence-corrected chi connectivity index (χ3v) is 7.03. The van der Waals surface area contributed by atoms with Gasteiger partial charge in [-0.1, -0.05) is 30.3 Å². The smallest absolute Gasteiger partial charge is 0.305 e. The van der Waals surface area contributed by atoms with Gasteiger partial charge in [-0.05, 0) is 38.5 Å². The zero-order valence-corrected chi connectivity index (χ0v) is 19.6. The maximum absolute atomic E-state index is 13.1. The van der Waals surface area contributed by atoms with Gasteiger partial charge in [0.1, 0.15) is 7.05 Å². The molecule has 0 spiro atoms. The fraction of sp³-hybridized carbons (Fsp3) is 0.370. The molecule has 1 saturated carbocycles. The lowest BCUT2D eigenvalue weighted by atomic mass is 9.69. The Morgan fingerprint density at radius 3 is 2.39 bits per heavy atom. The Morgan fingerprint density at radius 1 is 1.15 bits per heavy atom. The molecule has 1 aliphatic heterocycles. The molecule has 0 bridgehead atoms. The molecule has 6 nitrogen and oxygen atoms in total. The number of ketones is 1. The van der Waals surface area contributed by atoms with E-state index < -0.39 is 18.0 Å². The van der Waals surface area contributed by atoms with Gasteiger partial charge in [0, 0.05) is 42.1 Å². The Morgan fingerprint density at radius 2 is 1.82 bits per heavy atom. The predicted octanol–water partition coefficient (Wildman–Crippen LogP) is 3.65. The largest absolute Gasteiger partial charge is 0.481 e. The lowest BCUT2D eigenvalue weighted by Gasteiger charge is -2.35. The number of rotatable bonds is 7. The van der Waals surface area contributed by atoms with E-state index >= 15 is 0 Å². The molecule has 1 aliphatic carbocycles. The first-order valence-corrected chi connectivity index (χ1v) is 11.4. The van der Waals surface area contributed by atoms with Crippen molar-refractivity contribution in [2.75, 3.05) is 25.0 Å². The normalized spacial score (nSPS) is 22.3. The molecule has 2 atom stereocenters. The maximum atomic E-state index is 13.1. The van der Waals surface area contributed by atoms with Gasteiger partial charge in [-0.15, -0.1) is 0 Å². The fourth-order valence-electron chi connectivity index (χ4n) is 5.04. The molecule has 0 aromatic heterocycles. The highest BCUT2D eigenvalue weighted by atomic mass is 16.4. The van der Waals surface area contributed by atoms with Crippen molar-refractivity contribution in [3.05, 3.63) is 71.3 Å². The number of para-hydroxylation sites is 1. The molecule has 2 aliphatic rings. The van der Waals surface area contributed by atoms with Gasteiger partial charge in [-0.2, -0.15) is 4.58 Å². The number of allylic oxidation sites excluding steroid dienone is 1. The number of nitrogens with zero attached hydrogens (tertiary/aromatic N) is 2. The van der Waals surface area contributed by atoms with Gasteiger partial charge in [-0.3, -0.25) is 9.59 Å². The Bertz CT molecular complexity index is 1160. The van der Waals surface area contributed by atoms with Crippen LogP contribution in [0.2, 0.25) is 0 Å². The molecular weight excluding hydrogens is 416 g/mol. The number of aliphatic hydroxyl groups is 1. The van der Waals surface area contributed by atoms with Crippen molar-refractivity contribution in [3.63, 3.8) is 0 Å². The fourth-order valence-corrected chi connectivity index (χ4v) is 5.04. The Hall–Kier alpha value is -3.25. The van der Waals surface area contributed by atoms with Crippen molar-refractivity contribution >= 4 is 28.8 Å². The van der Waals surface area contributed by atoms with Crippen molar-refractivity contribution in [1.82, 2.24) is 0 Å². The summed E-state index contributed by atoms with van der Waals surface area (Å²) in [6.45, 7) is 7.36. The molecule has 2 unspecified atom stereocenters. The quantitative estimate of drug-likeness (QED) is 0.500. The van der Waals surface area contributed by atoms with E-state index in [9.17, 15) is 14.7 Å². The van der Waals surface area contributed by atoms with E-state index in [1.165, 1.54) is 5.56 Å². The second-order valence-electron chi connectivity index (χ2n) is 9.29. The van der Waals surface area contributed by atoms with Crippen molar-refractivity contribution in [1.29, 1.82) is 0 Å². The zero-order valence-electron chi connectivity index (χ0n) is 19.6. The average molecular weight is 448 g/mol. The lowest BCUT2D eigenvalue weighted by Crippen LogP contribution is -2.44. The van der Waals surface area contributed by atoms with Crippen LogP contribution >= 0.6 is 0 Å². The van der Waals surface area contributed by atoms with E-state index in [0.717, 1.165) is 22.6 Å². The molecule has 4 rings (SSSR count). The summed E-state index contributed by atoms with van der Waals surface area (Å²) in [5, 5.41) is 19.8. The maximum Gasteiger partial charge on any atom is 0.305 e. The second kappa shape index (κ2) is 8.60. The van der Waals surface area contributed by atoms with Crippen LogP contribution < -0.4 is 4.90 Å². The molecule has 6 heteroatoms. The molecule has 2 aromatic rings. The van der Waals surface area contributed by atoms with Gasteiger partial charge in [0.15, 0.2) is 11.5 Å². The number of carboxylic acid groups (broad SMARTS) is 1. The summed E-state index contributed by atoms with van der Waals surface area (Å²) in [5.74, 6) is -1.46. The first kappa shape index (κ1) is 22.9. The highest BCUT2D eigenvalue weighted by molar-refractivity contribution is 6.15. The standard InChI is InChI=1S/C27H30N2O4/c1-5-29(15-14-23(30)31)18-12-10-17(11-13-18)24-25(32)19(26(24)33)16-22-27(2,3)20-8-6-7-9-21(20)28(22)4/h6-13,16,24-25,32H,5,14-15H2,1-4H3/p+1. The van der Waals surface area contributed by atoms with Crippen LogP contribution in [-0.2, 0) is 15.0 Å². The molecule has 0 amide bonds. The number of carboxylic acids is 1. The van der Waals surface area contributed by atoms with Gasteiger partial charge >= 0.3 is 5.97 Å². The number of carbonyl (C=O) groups is 2. The van der Waals surface area contributed by atoms with E-state index in [1.807, 2.05) is 61.3 Å². The van der Waals surface area contributed by atoms with Crippen LogP contribution in [0, 0.1) is 0 Å². The molecule has 172 valence electrons. The Kier molecular flexibility index (Phi) is 5.97. The highest BCUT2D eigenvalue weighted by Gasteiger charge is 2.49. The van der Waals surface area contributed by atoms with Gasteiger partial charge in [-0.25, -0.2) is 0 Å². The van der Waals surface area contributed by atoms with Crippen molar-refractivity contribution in [2.24, 2.45) is 0 Å². The summed E-state index contributed by atoms with van der Waals surface area (Å²) >= 11 is 0. The molecule has 0 saturated heterocycles. The number of hydrogen-bond donors (Lipinski definition) is 2. The Balaban J connectivity index is 1.54. The number of fused-ring (bicyclic) bond motifs is 1. The zero-order chi connectivity index (χ0) is 23.9. The molecule has 1 heterocycles. The molecule has 2 aromatic carbocycles. The highest BCUT2D eigenvalue weighted by Crippen LogP contribution is 2.43. The minimum absolute atomic E-state index is 0.0545. The SMILES string of the molecule is CCN(CCC(=O)O)c1ccc(C2C(=O)C(=CC3=[N+](C)c4ccccc4C3(C)C)C2O)cc1. The van der Waals surface area contributed by atoms with Crippen molar-refractivity contribution in [3.8, 4) is 0 Å². The molecule has 1 fully saturated rings. The van der Waals surface area contributed by atoms with Crippen LogP contribution in [-0.4, -0.2) is 58.5 Å². The third kappa shape index (κ3) is 3.89. The molecule has 2 N–H and O–H groups in total. The van der Waals surface area contributed by atoms with Crippen LogP contribution in [0.15, 0.2) is 60.2 Å². The number of hydrogen-bond acceptors (Lipinski definition) is 4. The first-order valence-electron chi connectivity index (χ1n) is 11.4. The summed E-state index contributed by atoms with van der Waals surface area (Å²) < 4.78 is 2.10. The minimum atomic E-state index is -0.849. The number of aliphatic carboxylic acids is 1. The van der Waals surface area contributed by atoms with E-state index in [-0.39, 0.29) is 17.6 Å². The molecular formula is C27H31N2O4+. The summed E-state index contributed by atoms with van der Waals surface area (Å²) in [5.41, 5.74) is 5.18. The monoisotopic (exact) mass is 447 g/mol. The van der Waals surface area contributed by atoms with Crippen LogP contribution in [0.5, 0.6) is 0 Å². The van der Waals surface area contributed by atoms with Crippen LogP contribution in [0.3, 0.4) is 0 Å². The van der Waals surface area contributed by atoms with Gasteiger partial charge in [0.2, 0.25) is 5.69 Å². The van der Waals surface area contributed by atoms with Crippen LogP contribution in [0.4, 0.5) is 11.4 Å². The number of carbonyl (C=O) groups excluding carboxylic acids is 1. The molecule has 33 heavy (non-hydrogen) atoms. The topological polar surface area (TPSA) is 80.9 Å². The van der Waals surface area contributed by atoms with Gasteiger partial charge in [0.05, 0.1) is 23.9 Å². The van der Waals surface area contributed by atoms with E-state index in [1.54, 1.807) is 0 Å². The second-order valence-corrected chi connectivity index (χ2v) is 9.29. The van der Waals surface area contributed by atoms with Crippen molar-refractivity contribution in [2.45, 2.75) is 44.6 Å². The van der Waals surface area contributed by atoms with Gasteiger partial charge in [0.25, 0.3) is 0 Å². The summed E-state index contributed by atoms with van der Waals surface area (Å²) in [4.78, 5) is 25.9. The third-order valence-electron chi connectivity index (χ3n) is 7.03. The lowest BCUT2D eigenvalue weighted by molar-refractivity contribution is -0.401. The Labute approximate surface area is 194 Å². The summed E-state index contributed by atoms with van der Waals surface area (Å²) in [6, 6.07) is 15.7. The number of Topliss-reactive ketones (excluding diaryl/α,β-unsaturated/α-hetero) is 1. The molecule has 0 radical (unpaired) electrons. The number of anilines is 1. The average Bonchev–Trinajstić information content (AvgIpc) is 2.99. The van der Waals surface area contributed by atoms with E-state index in [4.69, 9.17) is 5.11 Å². The van der Waals surface area contributed by atoms with Crippen LogP contribution in [0.1, 0.15) is 44.2 Å². The predicted molar refractivity (Wildman–Crippen MR) is 129 cm³/mol.